The zero-order chi connectivity index (χ0) is 17.4. The van der Waals surface area contributed by atoms with Crippen LogP contribution in [0.15, 0.2) is 41.0 Å². The number of benzene rings is 1. The van der Waals surface area contributed by atoms with Crippen LogP contribution in [0.25, 0.3) is 10.2 Å². The van der Waals surface area contributed by atoms with Crippen molar-refractivity contribution in [2.24, 2.45) is 0 Å². The lowest BCUT2D eigenvalue weighted by molar-refractivity contribution is -0.286. The quantitative estimate of drug-likeness (QED) is 0.548. The number of fused-ring (bicyclic) bond motifs is 2. The van der Waals surface area contributed by atoms with E-state index in [4.69, 9.17) is 0 Å². The normalized spacial score (nSPS) is 14.6. The summed E-state index contributed by atoms with van der Waals surface area (Å²) in [6, 6.07) is 5.98. The maximum absolute atomic E-state index is 13.0. The zero-order valence-electron chi connectivity index (χ0n) is 12.4. The number of anilines is 1. The van der Waals surface area contributed by atoms with E-state index < -0.39 is 6.29 Å². The number of aromatic nitrogens is 2. The molecule has 0 bridgehead atoms. The second-order valence-electron chi connectivity index (χ2n) is 4.98. The second-order valence-corrected chi connectivity index (χ2v) is 6.84. The third kappa shape index (κ3) is 3.35. The Kier molecular flexibility index (Phi) is 3.92. The van der Waals surface area contributed by atoms with Gasteiger partial charge in [-0.15, -0.1) is 20.1 Å². The molecule has 1 aliphatic rings. The highest BCUT2D eigenvalue weighted by molar-refractivity contribution is 8.00. The molecule has 128 valence electrons. The highest BCUT2D eigenvalue weighted by Crippen LogP contribution is 2.42. The van der Waals surface area contributed by atoms with Crippen molar-refractivity contribution in [1.29, 1.82) is 0 Å². The Morgan fingerprint density at radius 2 is 2.08 bits per heavy atom. The molecule has 10 heteroatoms. The molecule has 0 spiro atoms. The number of amides is 1. The van der Waals surface area contributed by atoms with Crippen molar-refractivity contribution in [3.05, 3.63) is 36.0 Å². The number of carbonyl (C=O) groups is 1. The van der Waals surface area contributed by atoms with Crippen LogP contribution in [0, 0.1) is 0 Å². The summed E-state index contributed by atoms with van der Waals surface area (Å²) in [7, 11) is 0. The van der Waals surface area contributed by atoms with Gasteiger partial charge in [0.15, 0.2) is 11.5 Å². The van der Waals surface area contributed by atoms with Crippen LogP contribution in [0.5, 0.6) is 11.5 Å². The van der Waals surface area contributed by atoms with Gasteiger partial charge < -0.3 is 14.8 Å². The summed E-state index contributed by atoms with van der Waals surface area (Å²) in [5.41, 5.74) is 0.342. The molecule has 1 aliphatic heterocycles. The van der Waals surface area contributed by atoms with Crippen LogP contribution in [-0.4, -0.2) is 27.9 Å². The minimum Gasteiger partial charge on any atom is -0.395 e. The van der Waals surface area contributed by atoms with Crippen molar-refractivity contribution in [2.75, 3.05) is 11.1 Å². The van der Waals surface area contributed by atoms with Crippen LogP contribution >= 0.6 is 23.1 Å². The maximum Gasteiger partial charge on any atom is 0.586 e. The SMILES string of the molecule is O=C(CSc1ncnc2sccc12)Nc1ccc2c(c1)OC(F)(F)O2. The second kappa shape index (κ2) is 6.12. The summed E-state index contributed by atoms with van der Waals surface area (Å²) < 4.78 is 34.7. The molecule has 2 aromatic heterocycles. The van der Waals surface area contributed by atoms with Crippen molar-refractivity contribution in [3.8, 4) is 11.5 Å². The first-order chi connectivity index (χ1) is 12.0. The standard InChI is InChI=1S/C15H9F2N3O3S2/c16-15(17)22-10-2-1-8(5-11(10)23-15)20-12(21)6-25-14-9-3-4-24-13(9)18-7-19-14/h1-5,7H,6H2,(H,20,21). The van der Waals surface area contributed by atoms with Gasteiger partial charge in [0.25, 0.3) is 0 Å². The minimum absolute atomic E-state index is 0.0711. The van der Waals surface area contributed by atoms with Crippen molar-refractivity contribution in [3.63, 3.8) is 0 Å². The van der Waals surface area contributed by atoms with Gasteiger partial charge in [-0.05, 0) is 23.6 Å². The molecular weight excluding hydrogens is 372 g/mol. The fourth-order valence-corrected chi connectivity index (χ4v) is 3.82. The van der Waals surface area contributed by atoms with Crippen LogP contribution in [-0.2, 0) is 4.79 Å². The molecule has 0 aliphatic carbocycles. The number of carbonyl (C=O) groups excluding carboxylic acids is 1. The molecule has 0 fully saturated rings. The highest BCUT2D eigenvalue weighted by Gasteiger charge is 2.43. The molecule has 0 unspecified atom stereocenters. The number of thiophene rings is 1. The van der Waals surface area contributed by atoms with Gasteiger partial charge in [-0.2, -0.15) is 0 Å². The average Bonchev–Trinajstić information content (AvgIpc) is 3.15. The Labute approximate surface area is 148 Å². The molecule has 0 radical (unpaired) electrons. The fraction of sp³-hybridized carbons (Fsp3) is 0.133. The van der Waals surface area contributed by atoms with E-state index >= 15 is 0 Å². The lowest BCUT2D eigenvalue weighted by Crippen LogP contribution is -2.25. The van der Waals surface area contributed by atoms with Crippen LogP contribution in [0.2, 0.25) is 0 Å². The van der Waals surface area contributed by atoms with E-state index in [1.54, 1.807) is 0 Å². The van der Waals surface area contributed by atoms with E-state index in [0.29, 0.717) is 10.7 Å². The molecule has 6 nitrogen and oxygen atoms in total. The predicted molar refractivity (Wildman–Crippen MR) is 89.4 cm³/mol. The molecule has 25 heavy (non-hydrogen) atoms. The highest BCUT2D eigenvalue weighted by atomic mass is 32.2. The number of nitrogens with zero attached hydrogens (tertiary/aromatic N) is 2. The Bertz CT molecular complexity index is 964. The summed E-state index contributed by atoms with van der Waals surface area (Å²) in [6.45, 7) is 0. The molecular formula is C15H9F2N3O3S2. The summed E-state index contributed by atoms with van der Waals surface area (Å²) >= 11 is 2.77. The molecule has 3 heterocycles. The van der Waals surface area contributed by atoms with Gasteiger partial charge in [0.1, 0.15) is 16.2 Å². The van der Waals surface area contributed by atoms with Crippen molar-refractivity contribution in [2.45, 2.75) is 11.3 Å². The van der Waals surface area contributed by atoms with Gasteiger partial charge in [0, 0.05) is 17.1 Å². The van der Waals surface area contributed by atoms with Gasteiger partial charge in [-0.1, -0.05) is 11.8 Å². The largest absolute Gasteiger partial charge is 0.586 e. The Morgan fingerprint density at radius 1 is 1.24 bits per heavy atom. The molecule has 3 aromatic rings. The van der Waals surface area contributed by atoms with E-state index in [9.17, 15) is 13.6 Å². The van der Waals surface area contributed by atoms with Crippen LogP contribution < -0.4 is 14.8 Å². The number of alkyl halides is 2. The van der Waals surface area contributed by atoms with Gasteiger partial charge in [-0.25, -0.2) is 9.97 Å². The average molecular weight is 381 g/mol. The van der Waals surface area contributed by atoms with E-state index in [0.717, 1.165) is 10.2 Å². The van der Waals surface area contributed by atoms with E-state index in [1.807, 2.05) is 11.4 Å². The first-order valence-electron chi connectivity index (χ1n) is 7.01. The number of halogens is 2. The Morgan fingerprint density at radius 3 is 2.96 bits per heavy atom. The third-order valence-corrected chi connectivity index (χ3v) is 5.08. The lowest BCUT2D eigenvalue weighted by atomic mass is 10.3. The number of nitrogens with one attached hydrogen (secondary N) is 1. The Hall–Kier alpha value is -2.46. The number of hydrogen-bond donors (Lipinski definition) is 1. The molecule has 0 saturated carbocycles. The number of rotatable bonds is 4. The molecule has 0 saturated heterocycles. The number of ether oxygens (including phenoxy) is 2. The fourth-order valence-electron chi connectivity index (χ4n) is 2.24. The summed E-state index contributed by atoms with van der Waals surface area (Å²) in [5, 5.41) is 6.15. The number of thioether (sulfide) groups is 1. The first kappa shape index (κ1) is 16.0. The van der Waals surface area contributed by atoms with E-state index in [-0.39, 0.29) is 23.2 Å². The van der Waals surface area contributed by atoms with Crippen LogP contribution in [0.1, 0.15) is 0 Å². The predicted octanol–water partition coefficient (Wildman–Crippen LogP) is 3.74. The third-order valence-electron chi connectivity index (χ3n) is 3.25. The van der Waals surface area contributed by atoms with Crippen molar-refractivity contribution < 1.29 is 23.0 Å². The lowest BCUT2D eigenvalue weighted by Gasteiger charge is -2.06. The van der Waals surface area contributed by atoms with Gasteiger partial charge in [0.2, 0.25) is 5.91 Å². The first-order valence-corrected chi connectivity index (χ1v) is 8.87. The van der Waals surface area contributed by atoms with Crippen molar-refractivity contribution in [1.82, 2.24) is 9.97 Å². The smallest absolute Gasteiger partial charge is 0.395 e. The zero-order valence-corrected chi connectivity index (χ0v) is 14.0. The monoisotopic (exact) mass is 381 g/mol. The Balaban J connectivity index is 1.41. The van der Waals surface area contributed by atoms with Crippen LogP contribution in [0.4, 0.5) is 14.5 Å². The molecule has 4 rings (SSSR count). The summed E-state index contributed by atoms with van der Waals surface area (Å²) in [4.78, 5) is 21.3. The van der Waals surface area contributed by atoms with Gasteiger partial charge in [0.05, 0.1) is 5.75 Å². The molecule has 1 amide bonds. The summed E-state index contributed by atoms with van der Waals surface area (Å²) in [5.74, 6) is -0.367. The molecule has 0 atom stereocenters. The summed E-state index contributed by atoms with van der Waals surface area (Å²) in [6.07, 6.45) is -2.23. The van der Waals surface area contributed by atoms with E-state index in [1.165, 1.54) is 47.6 Å². The van der Waals surface area contributed by atoms with Crippen molar-refractivity contribution >= 4 is 44.9 Å². The topological polar surface area (TPSA) is 73.3 Å². The molecule has 1 N–H and O–H groups in total. The molecule has 1 aromatic carbocycles. The van der Waals surface area contributed by atoms with Crippen LogP contribution in [0.3, 0.4) is 0 Å². The van der Waals surface area contributed by atoms with E-state index in [2.05, 4.69) is 24.8 Å². The maximum atomic E-state index is 13.0. The van der Waals surface area contributed by atoms with Gasteiger partial charge >= 0.3 is 6.29 Å². The minimum atomic E-state index is -3.68. The number of hydrogen-bond acceptors (Lipinski definition) is 7. The van der Waals surface area contributed by atoms with Gasteiger partial charge in [-0.3, -0.25) is 4.79 Å².